The Morgan fingerprint density at radius 1 is 1.33 bits per heavy atom. The van der Waals surface area contributed by atoms with E-state index in [2.05, 4.69) is 9.85 Å². The van der Waals surface area contributed by atoms with Crippen molar-refractivity contribution in [2.45, 2.75) is 32.2 Å². The van der Waals surface area contributed by atoms with E-state index in [4.69, 9.17) is 14.2 Å². The molecule has 18 heavy (non-hydrogen) atoms. The molecule has 3 atom stereocenters. The summed E-state index contributed by atoms with van der Waals surface area (Å²) in [6.45, 7) is 2.64. The van der Waals surface area contributed by atoms with Crippen molar-refractivity contribution in [1.29, 1.82) is 0 Å². The molecule has 0 fully saturated rings. The molecular weight excluding hydrogens is 351 g/mol. The van der Waals surface area contributed by atoms with Gasteiger partial charge in [-0.25, -0.2) is 0 Å². The van der Waals surface area contributed by atoms with Crippen LogP contribution in [0.1, 0.15) is 13.8 Å². The van der Waals surface area contributed by atoms with Gasteiger partial charge in [-0.2, -0.15) is 0 Å². The zero-order valence-electron chi connectivity index (χ0n) is 10.0. The van der Waals surface area contributed by atoms with Crippen LogP contribution in [0.15, 0.2) is 12.2 Å². The molecule has 0 aromatic heterocycles. The first kappa shape index (κ1) is 15.0. The molecular formula is C12H13IO5. The van der Waals surface area contributed by atoms with Gasteiger partial charge in [0.2, 0.25) is 0 Å². The van der Waals surface area contributed by atoms with Gasteiger partial charge in [-0.05, 0) is 16.1 Å². The van der Waals surface area contributed by atoms with E-state index in [0.29, 0.717) is 0 Å². The van der Waals surface area contributed by atoms with Gasteiger partial charge in [0.1, 0.15) is 24.9 Å². The molecule has 0 saturated heterocycles. The summed E-state index contributed by atoms with van der Waals surface area (Å²) in [5.74, 6) is 1.99. The summed E-state index contributed by atoms with van der Waals surface area (Å²) >= 11 is 1.91. The van der Waals surface area contributed by atoms with Gasteiger partial charge >= 0.3 is 11.9 Å². The molecule has 1 heterocycles. The summed E-state index contributed by atoms with van der Waals surface area (Å²) in [6.07, 6.45) is 1.93. The van der Waals surface area contributed by atoms with Crippen molar-refractivity contribution in [3.8, 4) is 9.85 Å². The minimum absolute atomic E-state index is 0.0248. The summed E-state index contributed by atoms with van der Waals surface area (Å²) in [5, 5.41) is 0. The molecule has 0 aliphatic carbocycles. The normalized spacial score (nSPS) is 25.8. The molecule has 0 aromatic rings. The fraction of sp³-hybridized carbons (Fsp3) is 0.500. The van der Waals surface area contributed by atoms with Gasteiger partial charge in [0, 0.05) is 36.4 Å². The van der Waals surface area contributed by atoms with E-state index in [9.17, 15) is 9.59 Å². The Bertz CT molecular complexity index is 406. The molecule has 0 N–H and O–H groups in total. The van der Waals surface area contributed by atoms with Gasteiger partial charge < -0.3 is 14.2 Å². The van der Waals surface area contributed by atoms with Crippen molar-refractivity contribution in [3.63, 3.8) is 0 Å². The van der Waals surface area contributed by atoms with Crippen molar-refractivity contribution in [2.75, 3.05) is 6.61 Å². The first-order valence-electron chi connectivity index (χ1n) is 5.28. The Kier molecular flexibility index (Phi) is 6.15. The molecule has 98 valence electrons. The Hall–Kier alpha value is -1.07. The maximum absolute atomic E-state index is 11.0. The lowest BCUT2D eigenvalue weighted by Crippen LogP contribution is -2.41. The average Bonchev–Trinajstić information content (AvgIpc) is 2.28. The minimum atomic E-state index is -0.561. The number of hydrogen-bond donors (Lipinski definition) is 0. The molecule has 5 nitrogen and oxygen atoms in total. The summed E-state index contributed by atoms with van der Waals surface area (Å²) in [6, 6.07) is 0. The smallest absolute Gasteiger partial charge is 0.303 e. The third-order valence-electron chi connectivity index (χ3n) is 2.11. The number of carbonyl (C=O) groups excluding carboxylic acids is 2. The first-order chi connectivity index (χ1) is 8.52. The molecule has 0 aromatic carbocycles. The fourth-order valence-corrected chi connectivity index (χ4v) is 1.73. The lowest BCUT2D eigenvalue weighted by Gasteiger charge is -2.29. The zero-order valence-corrected chi connectivity index (χ0v) is 12.2. The summed E-state index contributed by atoms with van der Waals surface area (Å²) in [4.78, 5) is 21.7. The molecule has 1 aliphatic heterocycles. The highest BCUT2D eigenvalue weighted by Crippen LogP contribution is 2.16. The van der Waals surface area contributed by atoms with Crippen LogP contribution in [-0.2, 0) is 23.8 Å². The Morgan fingerprint density at radius 2 is 2.06 bits per heavy atom. The third kappa shape index (κ3) is 5.06. The van der Waals surface area contributed by atoms with Gasteiger partial charge in [-0.15, -0.1) is 0 Å². The standard InChI is InChI=1S/C12H13IO5/c1-8(14)16-7-12-11(17-9(2)15)4-3-10(18-12)5-6-13/h3-4,10-12H,7H2,1-2H3/t10-,11-,12+/m0/s1. The highest BCUT2D eigenvalue weighted by atomic mass is 127. The van der Waals surface area contributed by atoms with E-state index in [-0.39, 0.29) is 12.7 Å². The monoisotopic (exact) mass is 364 g/mol. The quantitative estimate of drug-likeness (QED) is 0.326. The van der Waals surface area contributed by atoms with Gasteiger partial charge in [-0.3, -0.25) is 9.59 Å². The van der Waals surface area contributed by atoms with E-state index in [1.165, 1.54) is 13.8 Å². The SMILES string of the molecule is CC(=O)OC[C@H]1O[C@H](C#CI)C=C[C@@H]1OC(C)=O. The predicted octanol–water partition coefficient (Wildman–Crippen LogP) is 1.20. The molecule has 6 heteroatoms. The van der Waals surface area contributed by atoms with Crippen molar-refractivity contribution in [2.24, 2.45) is 0 Å². The first-order valence-corrected chi connectivity index (χ1v) is 6.36. The molecule has 1 aliphatic rings. The van der Waals surface area contributed by atoms with E-state index < -0.39 is 24.1 Å². The summed E-state index contributed by atoms with van der Waals surface area (Å²) < 4.78 is 18.2. The maximum atomic E-state index is 11.0. The number of ether oxygens (including phenoxy) is 3. The van der Waals surface area contributed by atoms with Crippen molar-refractivity contribution in [3.05, 3.63) is 12.2 Å². The van der Waals surface area contributed by atoms with Crippen LogP contribution in [0.5, 0.6) is 0 Å². The van der Waals surface area contributed by atoms with E-state index >= 15 is 0 Å². The summed E-state index contributed by atoms with van der Waals surface area (Å²) in [5.41, 5.74) is 0. The second-order valence-corrected chi connectivity index (χ2v) is 4.13. The van der Waals surface area contributed by atoms with Crippen LogP contribution in [0.25, 0.3) is 0 Å². The number of halogens is 1. The topological polar surface area (TPSA) is 61.8 Å². The van der Waals surface area contributed by atoms with Crippen molar-refractivity contribution in [1.82, 2.24) is 0 Å². The lowest BCUT2D eigenvalue weighted by atomic mass is 10.1. The van der Waals surface area contributed by atoms with Crippen LogP contribution in [0.3, 0.4) is 0 Å². The Morgan fingerprint density at radius 3 is 2.61 bits per heavy atom. The average molecular weight is 364 g/mol. The van der Waals surface area contributed by atoms with Gasteiger partial charge in [-0.1, -0.05) is 5.92 Å². The van der Waals surface area contributed by atoms with Crippen molar-refractivity contribution >= 4 is 34.5 Å². The fourth-order valence-electron chi connectivity index (χ4n) is 1.42. The Balaban J connectivity index is 2.70. The number of rotatable bonds is 3. The van der Waals surface area contributed by atoms with Crippen LogP contribution in [0, 0.1) is 9.85 Å². The van der Waals surface area contributed by atoms with E-state index in [0.717, 1.165) is 0 Å². The molecule has 0 spiro atoms. The number of hydrogen-bond acceptors (Lipinski definition) is 5. The van der Waals surface area contributed by atoms with Crippen LogP contribution in [-0.4, -0.2) is 36.9 Å². The van der Waals surface area contributed by atoms with Crippen LogP contribution >= 0.6 is 22.6 Å². The van der Waals surface area contributed by atoms with Crippen LogP contribution in [0.4, 0.5) is 0 Å². The highest BCUT2D eigenvalue weighted by Gasteiger charge is 2.29. The largest absolute Gasteiger partial charge is 0.463 e. The van der Waals surface area contributed by atoms with E-state index in [1.807, 2.05) is 22.6 Å². The van der Waals surface area contributed by atoms with E-state index in [1.54, 1.807) is 12.2 Å². The van der Waals surface area contributed by atoms with Gasteiger partial charge in [0.05, 0.1) is 0 Å². The van der Waals surface area contributed by atoms with Gasteiger partial charge in [0.15, 0.2) is 0 Å². The molecule has 1 rings (SSSR count). The molecule has 0 unspecified atom stereocenters. The summed E-state index contributed by atoms with van der Waals surface area (Å²) in [7, 11) is 0. The second-order valence-electron chi connectivity index (χ2n) is 3.60. The molecule has 0 radical (unpaired) electrons. The Labute approximate surface area is 119 Å². The second kappa shape index (κ2) is 7.38. The van der Waals surface area contributed by atoms with Crippen LogP contribution in [0.2, 0.25) is 0 Å². The van der Waals surface area contributed by atoms with Crippen LogP contribution < -0.4 is 0 Å². The predicted molar refractivity (Wildman–Crippen MR) is 71.8 cm³/mol. The minimum Gasteiger partial charge on any atom is -0.463 e. The molecule has 0 bridgehead atoms. The molecule has 0 amide bonds. The zero-order chi connectivity index (χ0) is 13.5. The maximum Gasteiger partial charge on any atom is 0.303 e. The van der Waals surface area contributed by atoms with Crippen molar-refractivity contribution < 1.29 is 23.8 Å². The number of esters is 2. The molecule has 0 saturated carbocycles. The highest BCUT2D eigenvalue weighted by molar-refractivity contribution is 14.1. The third-order valence-corrected chi connectivity index (χ3v) is 2.42. The lowest BCUT2D eigenvalue weighted by molar-refractivity contribution is -0.161. The number of carbonyl (C=O) groups is 2. The van der Waals surface area contributed by atoms with Gasteiger partial charge in [0.25, 0.3) is 0 Å².